The summed E-state index contributed by atoms with van der Waals surface area (Å²) in [4.78, 5) is 23.0. The van der Waals surface area contributed by atoms with Crippen molar-refractivity contribution in [1.29, 1.82) is 0 Å². The third-order valence-corrected chi connectivity index (χ3v) is 7.55. The number of thiophene rings is 1. The maximum Gasteiger partial charge on any atom is 0.264 e. The van der Waals surface area contributed by atoms with Gasteiger partial charge in [0.1, 0.15) is 5.82 Å². The summed E-state index contributed by atoms with van der Waals surface area (Å²) in [6.45, 7) is 4.03. The Balaban J connectivity index is 1.41. The van der Waals surface area contributed by atoms with Gasteiger partial charge in [0, 0.05) is 42.5 Å². The van der Waals surface area contributed by atoms with Crippen LogP contribution in [-0.2, 0) is 6.42 Å². The molecular formula is C26H23ClN6OS. The molecule has 176 valence electrons. The van der Waals surface area contributed by atoms with Crippen LogP contribution in [0.5, 0.6) is 0 Å². The lowest BCUT2D eigenvalue weighted by atomic mass is 10.1. The van der Waals surface area contributed by atoms with Gasteiger partial charge < -0.3 is 9.80 Å². The average Bonchev–Trinajstić information content (AvgIpc) is 3.55. The van der Waals surface area contributed by atoms with Crippen molar-refractivity contribution in [2.45, 2.75) is 19.4 Å². The van der Waals surface area contributed by atoms with Crippen LogP contribution in [0.25, 0.3) is 16.6 Å². The third kappa shape index (κ3) is 4.02. The zero-order valence-corrected chi connectivity index (χ0v) is 20.7. The van der Waals surface area contributed by atoms with Crippen molar-refractivity contribution in [2.24, 2.45) is 0 Å². The van der Waals surface area contributed by atoms with Gasteiger partial charge in [-0.15, -0.1) is 21.5 Å². The number of anilines is 1. The Kier molecular flexibility index (Phi) is 5.62. The molecule has 0 bridgehead atoms. The largest absolute Gasteiger partial charge is 0.338 e. The molecule has 3 aromatic heterocycles. The maximum absolute atomic E-state index is 13.0. The summed E-state index contributed by atoms with van der Waals surface area (Å²) >= 11 is 7.79. The molecule has 6 rings (SSSR count). The second-order valence-corrected chi connectivity index (χ2v) is 10.2. The van der Waals surface area contributed by atoms with Gasteiger partial charge in [0.15, 0.2) is 5.65 Å². The molecule has 1 aliphatic rings. The highest BCUT2D eigenvalue weighted by molar-refractivity contribution is 7.12. The quantitative estimate of drug-likeness (QED) is 0.348. The number of benzene rings is 2. The molecule has 0 unspecified atom stereocenters. The van der Waals surface area contributed by atoms with Gasteiger partial charge in [-0.05, 0) is 42.1 Å². The molecule has 1 aliphatic heterocycles. The Hall–Kier alpha value is -3.49. The lowest BCUT2D eigenvalue weighted by molar-refractivity contribution is 0.0678. The van der Waals surface area contributed by atoms with Crippen LogP contribution in [0.3, 0.4) is 0 Å². The van der Waals surface area contributed by atoms with Crippen LogP contribution < -0.4 is 4.90 Å². The van der Waals surface area contributed by atoms with Crippen molar-refractivity contribution in [2.75, 3.05) is 24.5 Å². The Morgan fingerprint density at radius 2 is 1.94 bits per heavy atom. The molecule has 9 heteroatoms. The molecule has 0 radical (unpaired) electrons. The summed E-state index contributed by atoms with van der Waals surface area (Å²) in [5.74, 6) is 1.70. The number of hydrogen-bond acceptors (Lipinski definition) is 6. The van der Waals surface area contributed by atoms with Crippen LogP contribution in [0, 0.1) is 0 Å². The first-order chi connectivity index (χ1) is 17.1. The summed E-state index contributed by atoms with van der Waals surface area (Å²) in [7, 11) is 0. The minimum atomic E-state index is 0.0271. The van der Waals surface area contributed by atoms with E-state index in [1.807, 2.05) is 58.8 Å². The molecule has 0 spiro atoms. The van der Waals surface area contributed by atoms with Gasteiger partial charge in [0.25, 0.3) is 5.91 Å². The van der Waals surface area contributed by atoms with Gasteiger partial charge in [-0.3, -0.25) is 4.79 Å². The van der Waals surface area contributed by atoms with Crippen molar-refractivity contribution in [1.82, 2.24) is 24.5 Å². The fourth-order valence-corrected chi connectivity index (χ4v) is 5.58. The molecule has 0 saturated carbocycles. The maximum atomic E-state index is 13.0. The second kappa shape index (κ2) is 8.94. The smallest absolute Gasteiger partial charge is 0.264 e. The van der Waals surface area contributed by atoms with E-state index in [4.69, 9.17) is 16.6 Å². The van der Waals surface area contributed by atoms with Crippen molar-refractivity contribution in [3.05, 3.63) is 87.3 Å². The molecule has 2 aromatic carbocycles. The van der Waals surface area contributed by atoms with Crippen molar-refractivity contribution >= 4 is 51.3 Å². The zero-order valence-electron chi connectivity index (χ0n) is 19.1. The Morgan fingerprint density at radius 1 is 1.09 bits per heavy atom. The average molecular weight is 503 g/mol. The van der Waals surface area contributed by atoms with Crippen molar-refractivity contribution < 1.29 is 4.79 Å². The Bertz CT molecular complexity index is 1520. The minimum absolute atomic E-state index is 0.0271. The highest BCUT2D eigenvalue weighted by Crippen LogP contribution is 2.29. The van der Waals surface area contributed by atoms with Crippen molar-refractivity contribution in [3.63, 3.8) is 0 Å². The number of fused-ring (bicyclic) bond motifs is 3. The number of nitrogens with zero attached hydrogens (tertiary/aromatic N) is 6. The molecule has 1 fully saturated rings. The topological polar surface area (TPSA) is 66.6 Å². The lowest BCUT2D eigenvalue weighted by Crippen LogP contribution is -2.54. The number of hydrogen-bond donors (Lipinski definition) is 0. The number of carbonyl (C=O) groups is 1. The molecule has 1 atom stereocenters. The third-order valence-electron chi connectivity index (χ3n) is 6.46. The number of halogens is 1. The van der Waals surface area contributed by atoms with E-state index < -0.39 is 0 Å². The molecule has 5 aromatic rings. The van der Waals surface area contributed by atoms with E-state index in [1.54, 1.807) is 0 Å². The predicted octanol–water partition coefficient (Wildman–Crippen LogP) is 4.93. The van der Waals surface area contributed by atoms with Gasteiger partial charge in [0.05, 0.1) is 10.4 Å². The van der Waals surface area contributed by atoms with Crippen LogP contribution in [-0.4, -0.2) is 56.1 Å². The predicted molar refractivity (Wildman–Crippen MR) is 140 cm³/mol. The van der Waals surface area contributed by atoms with E-state index in [-0.39, 0.29) is 11.9 Å². The zero-order chi connectivity index (χ0) is 23.9. The van der Waals surface area contributed by atoms with Gasteiger partial charge >= 0.3 is 0 Å². The summed E-state index contributed by atoms with van der Waals surface area (Å²) in [5.41, 5.74) is 2.70. The highest BCUT2D eigenvalue weighted by atomic mass is 35.5. The van der Waals surface area contributed by atoms with Crippen LogP contribution in [0.1, 0.15) is 28.0 Å². The number of aromatic nitrogens is 4. The monoisotopic (exact) mass is 502 g/mol. The summed E-state index contributed by atoms with van der Waals surface area (Å²) in [6, 6.07) is 19.7. The van der Waals surface area contributed by atoms with E-state index in [9.17, 15) is 4.79 Å². The molecule has 1 amide bonds. The van der Waals surface area contributed by atoms with Gasteiger partial charge in [-0.2, -0.15) is 0 Å². The van der Waals surface area contributed by atoms with Crippen LogP contribution in [0.4, 0.5) is 5.95 Å². The first-order valence-electron chi connectivity index (χ1n) is 11.5. The van der Waals surface area contributed by atoms with E-state index in [0.29, 0.717) is 31.1 Å². The molecule has 0 N–H and O–H groups in total. The molecular weight excluding hydrogens is 480 g/mol. The van der Waals surface area contributed by atoms with Crippen LogP contribution in [0.2, 0.25) is 5.02 Å². The number of rotatable bonds is 4. The van der Waals surface area contributed by atoms with E-state index in [1.165, 1.54) is 11.3 Å². The summed E-state index contributed by atoms with van der Waals surface area (Å²) in [5, 5.41) is 12.6. The van der Waals surface area contributed by atoms with Gasteiger partial charge in [0.2, 0.25) is 5.95 Å². The van der Waals surface area contributed by atoms with Crippen LogP contribution in [0.15, 0.2) is 66.0 Å². The summed E-state index contributed by atoms with van der Waals surface area (Å²) in [6.07, 6.45) is 0.641. The molecule has 7 nitrogen and oxygen atoms in total. The minimum Gasteiger partial charge on any atom is -0.338 e. The van der Waals surface area contributed by atoms with E-state index in [2.05, 4.69) is 38.6 Å². The van der Waals surface area contributed by atoms with E-state index in [0.717, 1.165) is 38.8 Å². The number of carbonyl (C=O) groups excluding carboxylic acids is 1. The summed E-state index contributed by atoms with van der Waals surface area (Å²) < 4.78 is 2.06. The number of amides is 1. The fourth-order valence-electron chi connectivity index (χ4n) is 4.73. The van der Waals surface area contributed by atoms with Crippen molar-refractivity contribution in [3.8, 4) is 0 Å². The lowest BCUT2D eigenvalue weighted by Gasteiger charge is -2.40. The molecule has 1 saturated heterocycles. The number of piperazine rings is 1. The van der Waals surface area contributed by atoms with Gasteiger partial charge in [-0.25, -0.2) is 9.38 Å². The Labute approximate surface area is 211 Å². The first kappa shape index (κ1) is 22.0. The molecule has 35 heavy (non-hydrogen) atoms. The standard InChI is InChI=1S/C26H23ClN6OS/c1-17-16-31(11-12-32(17)25(34)22-8-5-13-35-22)26-28-21-15-19(27)9-10-20(21)24-30-29-23(33(24)26)14-18-6-3-2-4-7-18/h2-10,13,15,17H,11-12,14,16H2,1H3/t17-/m1/s1. The first-order valence-corrected chi connectivity index (χ1v) is 12.8. The normalized spacial score (nSPS) is 16.3. The van der Waals surface area contributed by atoms with Gasteiger partial charge in [-0.1, -0.05) is 48.0 Å². The highest BCUT2D eigenvalue weighted by Gasteiger charge is 2.31. The van der Waals surface area contributed by atoms with Crippen LogP contribution >= 0.6 is 22.9 Å². The SMILES string of the molecule is C[C@@H]1CN(c2nc3cc(Cl)ccc3c3nnc(Cc4ccccc4)n23)CCN1C(=O)c1cccs1. The Morgan fingerprint density at radius 3 is 2.71 bits per heavy atom. The van der Waals surface area contributed by atoms with E-state index >= 15 is 0 Å². The second-order valence-electron chi connectivity index (χ2n) is 8.78. The molecule has 4 heterocycles. The molecule has 0 aliphatic carbocycles. The fraction of sp³-hybridized carbons (Fsp3) is 0.231.